The predicted octanol–water partition coefficient (Wildman–Crippen LogP) is 2.77. The predicted molar refractivity (Wildman–Crippen MR) is 63.8 cm³/mol. The van der Waals surface area contributed by atoms with Crippen LogP contribution in [-0.4, -0.2) is 24.0 Å². The van der Waals surface area contributed by atoms with E-state index in [0.717, 1.165) is 19.3 Å². The molecule has 0 saturated heterocycles. The summed E-state index contributed by atoms with van der Waals surface area (Å²) in [5, 5.41) is 8.78. The molecule has 1 rings (SSSR count). The molecule has 0 aromatic heterocycles. The van der Waals surface area contributed by atoms with Crippen LogP contribution in [0.25, 0.3) is 0 Å². The maximum absolute atomic E-state index is 10.8. The summed E-state index contributed by atoms with van der Waals surface area (Å²) in [6.45, 7) is 2.64. The highest BCUT2D eigenvalue weighted by atomic mass is 16.5. The summed E-state index contributed by atoms with van der Waals surface area (Å²) in [4.78, 5) is 21.5. The van der Waals surface area contributed by atoms with Crippen molar-refractivity contribution in [1.29, 1.82) is 0 Å². The Morgan fingerprint density at radius 2 is 2.18 bits per heavy atom. The highest BCUT2D eigenvalue weighted by Gasteiger charge is 2.08. The monoisotopic (exact) mass is 236 g/mol. The summed E-state index contributed by atoms with van der Waals surface area (Å²) < 4.78 is 5.44. The Balaban J connectivity index is 2.71. The fourth-order valence-electron chi connectivity index (χ4n) is 1.44. The smallest absolute Gasteiger partial charge is 0.335 e. The Bertz CT molecular complexity index is 398. The lowest BCUT2D eigenvalue weighted by Crippen LogP contribution is -2.02. The van der Waals surface area contributed by atoms with Gasteiger partial charge in [0.2, 0.25) is 0 Å². The minimum atomic E-state index is -1.05. The quantitative estimate of drug-likeness (QED) is 0.584. The van der Waals surface area contributed by atoms with Crippen LogP contribution in [0.15, 0.2) is 18.2 Å². The van der Waals surface area contributed by atoms with E-state index in [1.54, 1.807) is 0 Å². The highest BCUT2D eigenvalue weighted by molar-refractivity contribution is 5.91. The standard InChI is InChI=1S/C13H16O4/c1-2-3-4-7-17-12-6-5-10(13(15)16)8-11(12)9-14/h5-6,8-9H,2-4,7H2,1H3,(H,15,16). The van der Waals surface area contributed by atoms with Crippen LogP contribution in [0.1, 0.15) is 46.9 Å². The first-order chi connectivity index (χ1) is 8.19. The van der Waals surface area contributed by atoms with Crippen LogP contribution in [0.2, 0.25) is 0 Å². The Morgan fingerprint density at radius 3 is 2.76 bits per heavy atom. The van der Waals surface area contributed by atoms with Crippen molar-refractivity contribution in [2.24, 2.45) is 0 Å². The second kappa shape index (κ2) is 6.68. The van der Waals surface area contributed by atoms with E-state index < -0.39 is 5.97 Å². The molecule has 4 heteroatoms. The van der Waals surface area contributed by atoms with Gasteiger partial charge in [-0.3, -0.25) is 4.79 Å². The average Bonchev–Trinajstić information content (AvgIpc) is 2.34. The number of carbonyl (C=O) groups is 2. The molecule has 0 amide bonds. The minimum Gasteiger partial charge on any atom is -0.493 e. The maximum Gasteiger partial charge on any atom is 0.335 e. The van der Waals surface area contributed by atoms with Gasteiger partial charge in [0.25, 0.3) is 0 Å². The van der Waals surface area contributed by atoms with E-state index in [1.807, 2.05) is 0 Å². The van der Waals surface area contributed by atoms with Gasteiger partial charge in [-0.1, -0.05) is 19.8 Å². The van der Waals surface area contributed by atoms with Crippen molar-refractivity contribution >= 4 is 12.3 Å². The molecule has 0 spiro atoms. The number of ether oxygens (including phenoxy) is 1. The molecular formula is C13H16O4. The molecule has 1 N–H and O–H groups in total. The van der Waals surface area contributed by atoms with E-state index in [4.69, 9.17) is 9.84 Å². The summed E-state index contributed by atoms with van der Waals surface area (Å²) in [5.74, 6) is -0.605. The Labute approximate surface area is 100 Å². The van der Waals surface area contributed by atoms with Gasteiger partial charge in [0.1, 0.15) is 5.75 Å². The van der Waals surface area contributed by atoms with Gasteiger partial charge >= 0.3 is 5.97 Å². The molecule has 4 nitrogen and oxygen atoms in total. The fourth-order valence-corrected chi connectivity index (χ4v) is 1.44. The molecule has 92 valence electrons. The third-order valence-electron chi connectivity index (χ3n) is 2.39. The number of rotatable bonds is 7. The number of aromatic carboxylic acids is 1. The largest absolute Gasteiger partial charge is 0.493 e. The molecular weight excluding hydrogens is 220 g/mol. The molecule has 1 aromatic carbocycles. The van der Waals surface area contributed by atoms with Crippen LogP contribution in [0.4, 0.5) is 0 Å². The van der Waals surface area contributed by atoms with Gasteiger partial charge in [0.15, 0.2) is 6.29 Å². The van der Waals surface area contributed by atoms with Crippen molar-refractivity contribution in [3.63, 3.8) is 0 Å². The van der Waals surface area contributed by atoms with Crippen LogP contribution in [0.3, 0.4) is 0 Å². The number of carbonyl (C=O) groups excluding carboxylic acids is 1. The molecule has 17 heavy (non-hydrogen) atoms. The van der Waals surface area contributed by atoms with Gasteiger partial charge in [-0.05, 0) is 24.6 Å². The van der Waals surface area contributed by atoms with Gasteiger partial charge in [-0.25, -0.2) is 4.79 Å². The molecule has 0 atom stereocenters. The Hall–Kier alpha value is -1.84. The first-order valence-electron chi connectivity index (χ1n) is 5.64. The number of unbranched alkanes of at least 4 members (excludes halogenated alkanes) is 2. The Morgan fingerprint density at radius 1 is 1.41 bits per heavy atom. The summed E-state index contributed by atoms with van der Waals surface area (Å²) in [6.07, 6.45) is 3.71. The lowest BCUT2D eigenvalue weighted by molar-refractivity contribution is 0.0697. The van der Waals surface area contributed by atoms with Gasteiger partial charge in [0, 0.05) is 0 Å². The molecule has 0 aliphatic heterocycles. The molecule has 0 heterocycles. The molecule has 0 saturated carbocycles. The van der Waals surface area contributed by atoms with Crippen molar-refractivity contribution in [2.75, 3.05) is 6.61 Å². The van der Waals surface area contributed by atoms with E-state index in [1.165, 1.54) is 18.2 Å². The lowest BCUT2D eigenvalue weighted by atomic mass is 10.1. The van der Waals surface area contributed by atoms with Gasteiger partial charge in [0.05, 0.1) is 17.7 Å². The number of aldehydes is 1. The molecule has 0 radical (unpaired) electrons. The van der Waals surface area contributed by atoms with E-state index in [0.29, 0.717) is 18.6 Å². The summed E-state index contributed by atoms with van der Waals surface area (Å²) >= 11 is 0. The second-order valence-corrected chi connectivity index (χ2v) is 3.73. The summed E-state index contributed by atoms with van der Waals surface area (Å²) in [5.41, 5.74) is 0.370. The van der Waals surface area contributed by atoms with E-state index >= 15 is 0 Å². The van der Waals surface area contributed by atoms with E-state index in [2.05, 4.69) is 6.92 Å². The SMILES string of the molecule is CCCCCOc1ccc(C(=O)O)cc1C=O. The lowest BCUT2D eigenvalue weighted by Gasteiger charge is -2.08. The number of carboxylic acids is 1. The van der Waals surface area contributed by atoms with Crippen LogP contribution in [-0.2, 0) is 0 Å². The number of carboxylic acid groups (broad SMARTS) is 1. The average molecular weight is 236 g/mol. The topological polar surface area (TPSA) is 63.6 Å². The normalized spacial score (nSPS) is 9.94. The van der Waals surface area contributed by atoms with Crippen LogP contribution in [0.5, 0.6) is 5.75 Å². The minimum absolute atomic E-state index is 0.0907. The second-order valence-electron chi connectivity index (χ2n) is 3.73. The van der Waals surface area contributed by atoms with Gasteiger partial charge in [-0.2, -0.15) is 0 Å². The third kappa shape index (κ3) is 3.90. The molecule has 0 unspecified atom stereocenters. The van der Waals surface area contributed by atoms with Crippen LogP contribution in [0, 0.1) is 0 Å². The van der Waals surface area contributed by atoms with Crippen molar-refractivity contribution < 1.29 is 19.4 Å². The summed E-state index contributed by atoms with van der Waals surface area (Å²) in [6, 6.07) is 4.29. The van der Waals surface area contributed by atoms with Crippen LogP contribution < -0.4 is 4.74 Å². The molecule has 0 bridgehead atoms. The third-order valence-corrected chi connectivity index (χ3v) is 2.39. The van der Waals surface area contributed by atoms with Crippen LogP contribution >= 0.6 is 0 Å². The highest BCUT2D eigenvalue weighted by Crippen LogP contribution is 2.19. The zero-order valence-corrected chi connectivity index (χ0v) is 9.81. The van der Waals surface area contributed by atoms with Crippen molar-refractivity contribution in [1.82, 2.24) is 0 Å². The van der Waals surface area contributed by atoms with E-state index in [9.17, 15) is 9.59 Å². The maximum atomic E-state index is 10.8. The molecule has 0 aliphatic carbocycles. The zero-order chi connectivity index (χ0) is 12.7. The summed E-state index contributed by atoms with van der Waals surface area (Å²) in [7, 11) is 0. The van der Waals surface area contributed by atoms with Crippen molar-refractivity contribution in [2.45, 2.75) is 26.2 Å². The zero-order valence-electron chi connectivity index (χ0n) is 9.81. The molecule has 0 fully saturated rings. The number of hydrogen-bond acceptors (Lipinski definition) is 3. The van der Waals surface area contributed by atoms with Crippen molar-refractivity contribution in [3.8, 4) is 5.75 Å². The fraction of sp³-hybridized carbons (Fsp3) is 0.385. The first-order valence-corrected chi connectivity index (χ1v) is 5.64. The van der Waals surface area contributed by atoms with Gasteiger partial charge in [-0.15, -0.1) is 0 Å². The number of hydrogen-bond donors (Lipinski definition) is 1. The number of benzene rings is 1. The molecule has 0 aliphatic rings. The first kappa shape index (κ1) is 13.2. The Kier molecular flexibility index (Phi) is 5.20. The van der Waals surface area contributed by atoms with E-state index in [-0.39, 0.29) is 11.1 Å². The van der Waals surface area contributed by atoms with Crippen molar-refractivity contribution in [3.05, 3.63) is 29.3 Å². The molecule has 1 aromatic rings. The van der Waals surface area contributed by atoms with Gasteiger partial charge < -0.3 is 9.84 Å².